The summed E-state index contributed by atoms with van der Waals surface area (Å²) in [6.45, 7) is 7.78. The van der Waals surface area contributed by atoms with Gasteiger partial charge >= 0.3 is 0 Å². The number of dihydropyridines is 1. The van der Waals surface area contributed by atoms with Crippen LogP contribution >= 0.6 is 0 Å². The first kappa shape index (κ1) is 22.9. The van der Waals surface area contributed by atoms with Crippen LogP contribution < -0.4 is 22.1 Å². The SMILES string of the molecule is C=C1C(CC(=O)NO)=C(n2c(C)cnc(NCCc3cccc(F)c3)c2=O)C(N)=NC1C. The van der Waals surface area contributed by atoms with Crippen molar-refractivity contribution in [3.05, 3.63) is 75.6 Å². The lowest BCUT2D eigenvalue weighted by atomic mass is 9.93. The summed E-state index contributed by atoms with van der Waals surface area (Å²) in [4.78, 5) is 33.7. The molecule has 2 aromatic rings. The maximum absolute atomic E-state index is 13.4. The van der Waals surface area contributed by atoms with Gasteiger partial charge < -0.3 is 11.1 Å². The number of amidine groups is 1. The molecule has 0 saturated heterocycles. The van der Waals surface area contributed by atoms with Gasteiger partial charge in [-0.2, -0.15) is 0 Å². The molecule has 10 heteroatoms. The molecule has 0 fully saturated rings. The number of nitrogens with one attached hydrogen (secondary N) is 2. The van der Waals surface area contributed by atoms with E-state index in [0.717, 1.165) is 5.56 Å². The fourth-order valence-electron chi connectivity index (χ4n) is 3.51. The Morgan fingerprint density at radius 1 is 1.41 bits per heavy atom. The van der Waals surface area contributed by atoms with Crippen LogP contribution in [0.3, 0.4) is 0 Å². The minimum absolute atomic E-state index is 0.0718. The molecule has 0 bridgehead atoms. The van der Waals surface area contributed by atoms with Crippen molar-refractivity contribution in [2.45, 2.75) is 32.7 Å². The normalized spacial score (nSPS) is 16.1. The smallest absolute Gasteiger partial charge is 0.298 e. The van der Waals surface area contributed by atoms with E-state index in [0.29, 0.717) is 29.8 Å². The molecule has 1 atom stereocenters. The van der Waals surface area contributed by atoms with Crippen molar-refractivity contribution in [2.75, 3.05) is 11.9 Å². The van der Waals surface area contributed by atoms with Gasteiger partial charge in [0, 0.05) is 18.4 Å². The molecule has 32 heavy (non-hydrogen) atoms. The average Bonchev–Trinajstić information content (AvgIpc) is 2.75. The van der Waals surface area contributed by atoms with Crippen LogP contribution in [0, 0.1) is 12.7 Å². The largest absolute Gasteiger partial charge is 0.382 e. The minimum atomic E-state index is -0.672. The van der Waals surface area contributed by atoms with E-state index in [-0.39, 0.29) is 35.6 Å². The first-order valence-corrected chi connectivity index (χ1v) is 9.99. The number of hydrogen-bond donors (Lipinski definition) is 4. The molecule has 1 aliphatic rings. The maximum Gasteiger partial charge on any atom is 0.298 e. The number of anilines is 1. The summed E-state index contributed by atoms with van der Waals surface area (Å²) < 4.78 is 14.7. The number of carbonyl (C=O) groups is 1. The summed E-state index contributed by atoms with van der Waals surface area (Å²) in [6, 6.07) is 5.82. The van der Waals surface area contributed by atoms with Crippen LogP contribution in [0.4, 0.5) is 10.2 Å². The third-order valence-electron chi connectivity index (χ3n) is 5.17. The molecule has 0 saturated carbocycles. The van der Waals surface area contributed by atoms with E-state index >= 15 is 0 Å². The van der Waals surface area contributed by atoms with Gasteiger partial charge in [0.2, 0.25) is 5.91 Å². The van der Waals surface area contributed by atoms with Gasteiger partial charge in [0.05, 0.1) is 18.2 Å². The molecule has 1 unspecified atom stereocenters. The summed E-state index contributed by atoms with van der Waals surface area (Å²) in [5.41, 5.74) is 9.67. The van der Waals surface area contributed by atoms with E-state index < -0.39 is 11.5 Å². The number of aromatic nitrogens is 2. The number of aryl methyl sites for hydroxylation is 1. The Bertz CT molecular complexity index is 1180. The van der Waals surface area contributed by atoms with Crippen molar-refractivity contribution in [1.29, 1.82) is 0 Å². The standard InChI is InChI=1S/C22H25FN6O3/c1-12-11-26-21(25-8-7-15-5-4-6-16(23)9-15)22(31)29(12)19-17(10-18(30)28-32)13(2)14(3)27-20(19)24/h4-6,9,11,14,32H,2,7-8,10H2,1,3H3,(H2,24,27)(H,25,26)(H,28,30). The number of halogens is 1. The molecule has 0 aliphatic carbocycles. The van der Waals surface area contributed by atoms with E-state index in [9.17, 15) is 14.0 Å². The summed E-state index contributed by atoms with van der Waals surface area (Å²) in [5.74, 6) is -0.852. The van der Waals surface area contributed by atoms with Crippen LogP contribution in [0.5, 0.6) is 0 Å². The van der Waals surface area contributed by atoms with Gasteiger partial charge in [0.15, 0.2) is 5.82 Å². The van der Waals surface area contributed by atoms with Crippen molar-refractivity contribution >= 4 is 23.3 Å². The minimum Gasteiger partial charge on any atom is -0.382 e. The number of aliphatic imine (C=N–C) groups is 1. The average molecular weight is 440 g/mol. The molecule has 168 valence electrons. The van der Waals surface area contributed by atoms with Crippen molar-refractivity contribution < 1.29 is 14.4 Å². The van der Waals surface area contributed by atoms with Crippen LogP contribution in [0.25, 0.3) is 5.70 Å². The molecule has 5 N–H and O–H groups in total. The zero-order valence-corrected chi connectivity index (χ0v) is 17.9. The third-order valence-corrected chi connectivity index (χ3v) is 5.17. The quantitative estimate of drug-likeness (QED) is 0.383. The zero-order chi connectivity index (χ0) is 23.4. The van der Waals surface area contributed by atoms with E-state index in [2.05, 4.69) is 21.9 Å². The predicted octanol–water partition coefficient (Wildman–Crippen LogP) is 1.77. The second-order valence-electron chi connectivity index (χ2n) is 7.45. The number of amides is 1. The molecular formula is C22H25FN6O3. The number of nitrogens with two attached hydrogens (primary N) is 1. The highest BCUT2D eigenvalue weighted by atomic mass is 19.1. The van der Waals surface area contributed by atoms with Crippen molar-refractivity contribution in [3.8, 4) is 0 Å². The second kappa shape index (κ2) is 9.56. The molecule has 1 aromatic heterocycles. The van der Waals surface area contributed by atoms with Gasteiger partial charge in [0.25, 0.3) is 5.56 Å². The second-order valence-corrected chi connectivity index (χ2v) is 7.45. The van der Waals surface area contributed by atoms with Crippen LogP contribution in [0.1, 0.15) is 24.6 Å². The van der Waals surface area contributed by atoms with Gasteiger partial charge in [-0.25, -0.2) is 14.9 Å². The van der Waals surface area contributed by atoms with E-state index in [4.69, 9.17) is 10.9 Å². The number of rotatable bonds is 7. The Morgan fingerprint density at radius 3 is 2.84 bits per heavy atom. The number of hydrogen-bond acceptors (Lipinski definition) is 7. The van der Waals surface area contributed by atoms with Crippen LogP contribution in [-0.2, 0) is 11.2 Å². The van der Waals surface area contributed by atoms with Crippen molar-refractivity contribution in [2.24, 2.45) is 10.7 Å². The number of benzene rings is 1. The monoisotopic (exact) mass is 440 g/mol. The first-order valence-electron chi connectivity index (χ1n) is 9.99. The molecule has 9 nitrogen and oxygen atoms in total. The molecule has 0 radical (unpaired) electrons. The highest BCUT2D eigenvalue weighted by molar-refractivity contribution is 6.19. The lowest BCUT2D eigenvalue weighted by Crippen LogP contribution is -2.36. The van der Waals surface area contributed by atoms with E-state index in [1.807, 2.05) is 0 Å². The van der Waals surface area contributed by atoms with Gasteiger partial charge in [-0.1, -0.05) is 18.7 Å². The number of carbonyl (C=O) groups excluding carboxylic acids is 1. The van der Waals surface area contributed by atoms with Gasteiger partial charge in [-0.05, 0) is 49.1 Å². The number of nitrogens with zero attached hydrogens (tertiary/aromatic N) is 3. The predicted molar refractivity (Wildman–Crippen MR) is 120 cm³/mol. The molecule has 3 rings (SSSR count). The van der Waals surface area contributed by atoms with Crippen LogP contribution in [0.2, 0.25) is 0 Å². The van der Waals surface area contributed by atoms with E-state index in [1.165, 1.54) is 22.9 Å². The first-order chi connectivity index (χ1) is 15.2. The third kappa shape index (κ3) is 4.75. The van der Waals surface area contributed by atoms with Gasteiger partial charge in [-0.3, -0.25) is 24.4 Å². The topological polar surface area (TPSA) is 135 Å². The Morgan fingerprint density at radius 2 is 2.16 bits per heavy atom. The fourth-order valence-corrected chi connectivity index (χ4v) is 3.51. The maximum atomic E-state index is 13.4. The molecule has 1 amide bonds. The molecule has 0 spiro atoms. The summed E-state index contributed by atoms with van der Waals surface area (Å²) in [5, 5.41) is 12.0. The number of hydroxylamine groups is 1. The Hall–Kier alpha value is -3.79. The lowest BCUT2D eigenvalue weighted by Gasteiger charge is -2.26. The Kier molecular flexibility index (Phi) is 6.84. The fraction of sp³-hybridized carbons (Fsp3) is 0.273. The molecule has 1 aromatic carbocycles. The molecular weight excluding hydrogens is 415 g/mol. The lowest BCUT2D eigenvalue weighted by molar-refractivity contribution is -0.128. The molecule has 2 heterocycles. The van der Waals surface area contributed by atoms with Gasteiger partial charge in [0.1, 0.15) is 11.7 Å². The summed E-state index contributed by atoms with van der Waals surface area (Å²) in [6.07, 6.45) is 1.74. The van der Waals surface area contributed by atoms with Crippen LogP contribution in [-0.4, -0.2) is 39.1 Å². The summed E-state index contributed by atoms with van der Waals surface area (Å²) >= 11 is 0. The Balaban J connectivity index is 1.98. The van der Waals surface area contributed by atoms with E-state index in [1.54, 1.807) is 31.5 Å². The Labute approximate surface area is 184 Å². The van der Waals surface area contributed by atoms with Crippen LogP contribution in [0.15, 0.2) is 58.0 Å². The van der Waals surface area contributed by atoms with Crippen molar-refractivity contribution in [3.63, 3.8) is 0 Å². The van der Waals surface area contributed by atoms with Crippen molar-refractivity contribution in [1.82, 2.24) is 15.0 Å². The molecule has 1 aliphatic heterocycles. The summed E-state index contributed by atoms with van der Waals surface area (Å²) in [7, 11) is 0. The highest BCUT2D eigenvalue weighted by Crippen LogP contribution is 2.29. The van der Waals surface area contributed by atoms with Gasteiger partial charge in [-0.15, -0.1) is 0 Å². The highest BCUT2D eigenvalue weighted by Gasteiger charge is 2.28. The zero-order valence-electron chi connectivity index (χ0n) is 17.9.